The molecule has 1 amide bonds. The summed E-state index contributed by atoms with van der Waals surface area (Å²) < 4.78 is 30.1. The molecule has 2 aromatic rings. The Morgan fingerprint density at radius 2 is 2.08 bits per heavy atom. The Balaban J connectivity index is 1.47. The third-order valence-corrected chi connectivity index (χ3v) is 7.78. The predicted molar refractivity (Wildman–Crippen MR) is 92.3 cm³/mol. The summed E-state index contributed by atoms with van der Waals surface area (Å²) in [5.74, 6) is 0.160. The summed E-state index contributed by atoms with van der Waals surface area (Å²) in [7, 11) is -3.28. The molecule has 2 saturated heterocycles. The zero-order chi connectivity index (χ0) is 18.2. The molecule has 136 valence electrons. The van der Waals surface area contributed by atoms with E-state index < -0.39 is 14.6 Å². The number of aromatic nitrogens is 3. The van der Waals surface area contributed by atoms with Gasteiger partial charge in [0, 0.05) is 37.5 Å². The fraction of sp³-hybridized carbons (Fsp3) is 0.412. The lowest BCUT2D eigenvalue weighted by molar-refractivity contribution is 0.0401. The van der Waals surface area contributed by atoms with Gasteiger partial charge in [0.05, 0.1) is 12.4 Å². The maximum absolute atomic E-state index is 12.7. The Bertz CT molecular complexity index is 899. The first-order valence-electron chi connectivity index (χ1n) is 8.33. The number of hydrogen-bond donors (Lipinski definition) is 0. The van der Waals surface area contributed by atoms with Gasteiger partial charge >= 0.3 is 0 Å². The fourth-order valence-electron chi connectivity index (χ4n) is 3.65. The zero-order valence-corrected chi connectivity index (χ0v) is 14.8. The van der Waals surface area contributed by atoms with Gasteiger partial charge in [0.1, 0.15) is 16.8 Å². The quantitative estimate of drug-likeness (QED) is 0.771. The third kappa shape index (κ3) is 2.72. The van der Waals surface area contributed by atoms with Gasteiger partial charge in [0.25, 0.3) is 5.91 Å². The van der Waals surface area contributed by atoms with Gasteiger partial charge < -0.3 is 9.64 Å². The smallest absolute Gasteiger partial charge is 0.272 e. The van der Waals surface area contributed by atoms with Gasteiger partial charge in [-0.25, -0.2) is 23.4 Å². The standard InChI is InChI=1S/C17H18N4O4S/c22-16(14-4-7-18-12-20-14)21-10-17(11-21)13(5-8-26(17,23)24)9-25-15-3-1-2-6-19-15/h1-4,6-7,12-13H,5,8-11H2. The molecule has 4 heterocycles. The molecule has 4 rings (SSSR count). The van der Waals surface area contributed by atoms with E-state index in [0.29, 0.717) is 12.3 Å². The average Bonchev–Trinajstić information content (AvgIpc) is 2.90. The van der Waals surface area contributed by atoms with Crippen LogP contribution in [0.25, 0.3) is 0 Å². The van der Waals surface area contributed by atoms with Crippen LogP contribution < -0.4 is 4.74 Å². The van der Waals surface area contributed by atoms with Crippen LogP contribution in [0.4, 0.5) is 0 Å². The van der Waals surface area contributed by atoms with Crippen LogP contribution >= 0.6 is 0 Å². The van der Waals surface area contributed by atoms with Crippen molar-refractivity contribution in [3.8, 4) is 5.88 Å². The van der Waals surface area contributed by atoms with E-state index in [0.717, 1.165) is 0 Å². The summed E-state index contributed by atoms with van der Waals surface area (Å²) in [6.45, 7) is 0.620. The second-order valence-electron chi connectivity index (χ2n) is 6.60. The number of hydrogen-bond acceptors (Lipinski definition) is 7. The number of carbonyl (C=O) groups is 1. The lowest BCUT2D eigenvalue weighted by atomic mass is 9.83. The Labute approximate surface area is 151 Å². The van der Waals surface area contributed by atoms with Crippen LogP contribution in [-0.4, -0.2) is 64.4 Å². The van der Waals surface area contributed by atoms with Crippen LogP contribution in [0.15, 0.2) is 43.0 Å². The molecule has 0 aliphatic carbocycles. The summed E-state index contributed by atoms with van der Waals surface area (Å²) in [6.07, 6.45) is 4.96. The minimum Gasteiger partial charge on any atom is -0.477 e. The van der Waals surface area contributed by atoms with Crippen molar-refractivity contribution in [1.29, 1.82) is 0 Å². The highest BCUT2D eigenvalue weighted by Crippen LogP contribution is 2.45. The molecule has 2 aliphatic heterocycles. The molecule has 26 heavy (non-hydrogen) atoms. The summed E-state index contributed by atoms with van der Waals surface area (Å²) in [4.78, 5) is 25.8. The number of nitrogens with zero attached hydrogens (tertiary/aromatic N) is 4. The monoisotopic (exact) mass is 374 g/mol. The second-order valence-corrected chi connectivity index (χ2v) is 9.05. The van der Waals surface area contributed by atoms with Crippen LogP contribution in [0.3, 0.4) is 0 Å². The fourth-order valence-corrected chi connectivity index (χ4v) is 6.05. The van der Waals surface area contributed by atoms with Crippen molar-refractivity contribution in [2.24, 2.45) is 5.92 Å². The first-order valence-corrected chi connectivity index (χ1v) is 9.98. The number of sulfone groups is 1. The third-order valence-electron chi connectivity index (χ3n) is 5.17. The lowest BCUT2D eigenvalue weighted by Crippen LogP contribution is -2.69. The van der Waals surface area contributed by atoms with Crippen molar-refractivity contribution in [3.63, 3.8) is 0 Å². The molecule has 2 aromatic heterocycles. The largest absolute Gasteiger partial charge is 0.477 e. The molecule has 1 unspecified atom stereocenters. The highest BCUT2D eigenvalue weighted by atomic mass is 32.2. The van der Waals surface area contributed by atoms with E-state index in [1.54, 1.807) is 18.3 Å². The van der Waals surface area contributed by atoms with Crippen LogP contribution in [0.2, 0.25) is 0 Å². The molecule has 0 N–H and O–H groups in total. The Hall–Kier alpha value is -2.55. The molecule has 1 atom stereocenters. The molecule has 0 radical (unpaired) electrons. The van der Waals surface area contributed by atoms with Gasteiger partial charge in [-0.15, -0.1) is 0 Å². The highest BCUT2D eigenvalue weighted by molar-refractivity contribution is 7.93. The first-order chi connectivity index (χ1) is 12.5. The van der Waals surface area contributed by atoms with Gasteiger partial charge in [-0.05, 0) is 18.6 Å². The molecular formula is C17H18N4O4S. The molecule has 1 spiro atoms. The summed E-state index contributed by atoms with van der Waals surface area (Å²) in [5, 5.41) is 0. The van der Waals surface area contributed by atoms with E-state index in [1.807, 2.05) is 6.07 Å². The number of rotatable bonds is 4. The summed E-state index contributed by atoms with van der Waals surface area (Å²) in [5.41, 5.74) is 0.270. The van der Waals surface area contributed by atoms with Crippen LogP contribution in [0.5, 0.6) is 5.88 Å². The van der Waals surface area contributed by atoms with Gasteiger partial charge in [-0.1, -0.05) is 6.07 Å². The molecule has 9 heteroatoms. The van der Waals surface area contributed by atoms with E-state index in [2.05, 4.69) is 15.0 Å². The maximum atomic E-state index is 12.7. The minimum atomic E-state index is -3.28. The van der Waals surface area contributed by atoms with E-state index in [4.69, 9.17) is 4.74 Å². The van der Waals surface area contributed by atoms with E-state index in [1.165, 1.54) is 23.5 Å². The van der Waals surface area contributed by atoms with Crippen molar-refractivity contribution >= 4 is 15.7 Å². The van der Waals surface area contributed by atoms with Crippen molar-refractivity contribution in [3.05, 3.63) is 48.7 Å². The second kappa shape index (κ2) is 6.31. The molecule has 2 aliphatic rings. The molecule has 0 bridgehead atoms. The molecule has 0 saturated carbocycles. The van der Waals surface area contributed by atoms with Crippen LogP contribution in [-0.2, 0) is 9.84 Å². The number of carbonyl (C=O) groups excluding carboxylic acids is 1. The average molecular weight is 374 g/mol. The maximum Gasteiger partial charge on any atom is 0.272 e. The SMILES string of the molecule is O=C(c1ccncn1)N1CC2(C1)C(COc1ccccn1)CCS2(=O)=O. The normalized spacial score (nSPS) is 22.8. The van der Waals surface area contributed by atoms with Crippen molar-refractivity contribution < 1.29 is 17.9 Å². The number of ether oxygens (including phenoxy) is 1. The van der Waals surface area contributed by atoms with Crippen LogP contribution in [0.1, 0.15) is 16.9 Å². The highest BCUT2D eigenvalue weighted by Gasteiger charge is 2.62. The van der Waals surface area contributed by atoms with Crippen molar-refractivity contribution in [2.45, 2.75) is 11.2 Å². The topological polar surface area (TPSA) is 102 Å². The molecular weight excluding hydrogens is 356 g/mol. The van der Waals surface area contributed by atoms with E-state index >= 15 is 0 Å². The summed E-state index contributed by atoms with van der Waals surface area (Å²) in [6, 6.07) is 6.87. The lowest BCUT2D eigenvalue weighted by Gasteiger charge is -2.49. The minimum absolute atomic E-state index is 0.124. The van der Waals surface area contributed by atoms with Gasteiger partial charge in [-0.3, -0.25) is 4.79 Å². The van der Waals surface area contributed by atoms with E-state index in [9.17, 15) is 13.2 Å². The Kier molecular flexibility index (Phi) is 4.10. The Morgan fingerprint density at radius 1 is 1.23 bits per heavy atom. The molecule has 8 nitrogen and oxygen atoms in total. The Morgan fingerprint density at radius 3 is 2.77 bits per heavy atom. The first kappa shape index (κ1) is 16.9. The predicted octanol–water partition coefficient (Wildman–Crippen LogP) is 0.580. The number of pyridine rings is 1. The molecule has 0 aromatic carbocycles. The van der Waals surface area contributed by atoms with Gasteiger partial charge in [0.2, 0.25) is 5.88 Å². The van der Waals surface area contributed by atoms with Crippen molar-refractivity contribution in [2.75, 3.05) is 25.4 Å². The zero-order valence-electron chi connectivity index (χ0n) is 14.0. The van der Waals surface area contributed by atoms with Gasteiger partial charge in [0.15, 0.2) is 9.84 Å². The van der Waals surface area contributed by atoms with Crippen molar-refractivity contribution in [1.82, 2.24) is 19.9 Å². The summed E-state index contributed by atoms with van der Waals surface area (Å²) >= 11 is 0. The van der Waals surface area contributed by atoms with Gasteiger partial charge in [-0.2, -0.15) is 0 Å². The van der Waals surface area contributed by atoms with E-state index in [-0.39, 0.29) is 43.0 Å². The molecule has 2 fully saturated rings. The van der Waals surface area contributed by atoms with Crippen LogP contribution in [0, 0.1) is 5.92 Å². The number of amides is 1. The number of likely N-dealkylation sites (tertiary alicyclic amines) is 1.